The molecule has 0 N–H and O–H groups in total. The molecule has 126 valence electrons. The predicted octanol–water partition coefficient (Wildman–Crippen LogP) is 7.14. The van der Waals surface area contributed by atoms with Gasteiger partial charge in [0.05, 0.1) is 50.4 Å². The van der Waals surface area contributed by atoms with Crippen molar-refractivity contribution in [2.45, 2.75) is 0 Å². The van der Waals surface area contributed by atoms with E-state index in [1.165, 1.54) is 59.9 Å². The molecule has 4 aromatic carbocycles. The quantitative estimate of drug-likeness (QED) is 0.215. The summed E-state index contributed by atoms with van der Waals surface area (Å²) in [5, 5.41) is 7.99. The Kier molecular flexibility index (Phi) is 2.50. The highest BCUT2D eigenvalue weighted by Crippen LogP contribution is 2.44. The third-order valence-corrected chi connectivity index (χ3v) is 7.00. The smallest absolute Gasteiger partial charge is 0.0646 e. The molecule has 7 rings (SSSR count). The number of para-hydroxylation sites is 2. The van der Waals surface area contributed by atoms with Gasteiger partial charge in [0.2, 0.25) is 0 Å². The van der Waals surface area contributed by atoms with Gasteiger partial charge >= 0.3 is 0 Å². The van der Waals surface area contributed by atoms with E-state index in [1.807, 2.05) is 0 Å². The van der Waals surface area contributed by atoms with E-state index in [9.17, 15) is 0 Å². The maximum absolute atomic E-state index is 2.47. The van der Waals surface area contributed by atoms with Crippen molar-refractivity contribution in [3.8, 4) is 0 Å². The summed E-state index contributed by atoms with van der Waals surface area (Å²) in [7, 11) is 0. The lowest BCUT2D eigenvalue weighted by atomic mass is 10.0. The molecule has 3 heterocycles. The second-order valence-corrected chi connectivity index (χ2v) is 8.17. The molecule has 0 saturated heterocycles. The van der Waals surface area contributed by atoms with Crippen LogP contribution < -0.4 is 0 Å². The highest BCUT2D eigenvalue weighted by molar-refractivity contribution is 14.1. The Labute approximate surface area is 168 Å². The Hall–Kier alpha value is -2.79. The van der Waals surface area contributed by atoms with Crippen LogP contribution in [0.1, 0.15) is 0 Å². The fourth-order valence-corrected chi connectivity index (χ4v) is 5.73. The maximum Gasteiger partial charge on any atom is 0.0646 e. The fourth-order valence-electron chi connectivity index (χ4n) is 4.92. The Balaban J connectivity index is 2.08. The van der Waals surface area contributed by atoms with Gasteiger partial charge in [-0.3, -0.25) is 2.78 Å². The monoisotopic (exact) mass is 456 g/mol. The van der Waals surface area contributed by atoms with Crippen LogP contribution in [0.15, 0.2) is 78.9 Å². The number of rotatable bonds is 0. The molecule has 3 heteroatoms. The second-order valence-electron chi connectivity index (χ2n) is 7.21. The normalized spacial score (nSPS) is 12.6. The van der Waals surface area contributed by atoms with Crippen molar-refractivity contribution in [2.75, 3.05) is 0 Å². The Morgan fingerprint density at radius 2 is 1.07 bits per heavy atom. The van der Waals surface area contributed by atoms with Crippen molar-refractivity contribution in [3.05, 3.63) is 78.9 Å². The van der Waals surface area contributed by atoms with Gasteiger partial charge in [0.25, 0.3) is 0 Å². The lowest BCUT2D eigenvalue weighted by Gasteiger charge is -2.03. The first-order valence-corrected chi connectivity index (χ1v) is 10.1. The molecule has 3 aromatic heterocycles. The molecular formula is C24H13IN2. The SMILES string of the molecule is In1c2cccc3c4ccccc4n4c5ccccc5c5ccc1c(c32)c54. The van der Waals surface area contributed by atoms with Crippen molar-refractivity contribution in [2.24, 2.45) is 0 Å². The Morgan fingerprint density at radius 1 is 0.481 bits per heavy atom. The molecule has 0 fully saturated rings. The summed E-state index contributed by atoms with van der Waals surface area (Å²) >= 11 is 2.44. The average Bonchev–Trinajstić information content (AvgIpc) is 3.16. The molecule has 0 atom stereocenters. The summed E-state index contributed by atoms with van der Waals surface area (Å²) in [5.41, 5.74) is 6.42. The predicted molar refractivity (Wildman–Crippen MR) is 124 cm³/mol. The topological polar surface area (TPSA) is 9.34 Å². The highest BCUT2D eigenvalue weighted by Gasteiger charge is 2.21. The molecule has 7 aromatic rings. The maximum atomic E-state index is 2.47. The van der Waals surface area contributed by atoms with Gasteiger partial charge in [-0.2, -0.15) is 0 Å². The van der Waals surface area contributed by atoms with E-state index in [0.29, 0.717) is 0 Å². The van der Waals surface area contributed by atoms with E-state index in [-0.39, 0.29) is 0 Å². The first-order valence-electron chi connectivity index (χ1n) is 9.10. The van der Waals surface area contributed by atoms with E-state index < -0.39 is 0 Å². The van der Waals surface area contributed by atoms with E-state index >= 15 is 0 Å². The Bertz CT molecular complexity index is 1680. The van der Waals surface area contributed by atoms with Gasteiger partial charge in [0.15, 0.2) is 0 Å². The average molecular weight is 456 g/mol. The van der Waals surface area contributed by atoms with Crippen molar-refractivity contribution in [1.29, 1.82) is 0 Å². The summed E-state index contributed by atoms with van der Waals surface area (Å²) in [6.07, 6.45) is 0. The molecule has 0 spiro atoms. The van der Waals surface area contributed by atoms with E-state index in [2.05, 4.69) is 109 Å². The number of halogens is 1. The minimum Gasteiger partial charge on any atom is -0.308 e. The molecule has 0 aliphatic carbocycles. The van der Waals surface area contributed by atoms with Gasteiger partial charge in [0, 0.05) is 26.9 Å². The van der Waals surface area contributed by atoms with E-state index in [4.69, 9.17) is 0 Å². The number of hydrogen-bond donors (Lipinski definition) is 0. The van der Waals surface area contributed by atoms with Crippen molar-refractivity contribution in [1.82, 2.24) is 7.18 Å². The minimum atomic E-state index is 1.26. The summed E-state index contributed by atoms with van der Waals surface area (Å²) in [6.45, 7) is 0. The van der Waals surface area contributed by atoms with Gasteiger partial charge < -0.3 is 4.40 Å². The highest BCUT2D eigenvalue weighted by atomic mass is 127. The zero-order valence-electron chi connectivity index (χ0n) is 14.3. The molecule has 0 bridgehead atoms. The summed E-state index contributed by atoms with van der Waals surface area (Å²) in [5.74, 6) is 0. The van der Waals surface area contributed by atoms with Crippen LogP contribution in [0.2, 0.25) is 0 Å². The lowest BCUT2D eigenvalue weighted by Crippen LogP contribution is -1.85. The van der Waals surface area contributed by atoms with Gasteiger partial charge in [-0.05, 0) is 29.7 Å². The van der Waals surface area contributed by atoms with Crippen molar-refractivity contribution < 1.29 is 0 Å². The van der Waals surface area contributed by atoms with E-state index in [1.54, 1.807) is 0 Å². The molecule has 0 aliphatic rings. The number of aromatic nitrogens is 2. The number of fused-ring (bicyclic) bond motifs is 6. The number of nitrogens with zero attached hydrogens (tertiary/aromatic N) is 2. The zero-order chi connectivity index (χ0) is 17.7. The van der Waals surface area contributed by atoms with Gasteiger partial charge in [-0.15, -0.1) is 0 Å². The number of hydrogen-bond acceptors (Lipinski definition) is 0. The van der Waals surface area contributed by atoms with Crippen molar-refractivity contribution >= 4 is 82.8 Å². The first kappa shape index (κ1) is 14.3. The standard InChI is InChI=1S/C24H13IN2/c25-27-20-11-5-8-16-14-6-1-3-9-18(14)26-19-10-4-2-7-15(19)17-12-13-21(27)23(22(16)20)24(17)26/h1-13H. The first-order chi connectivity index (χ1) is 13.3. The van der Waals surface area contributed by atoms with Gasteiger partial charge in [0.1, 0.15) is 0 Å². The Morgan fingerprint density at radius 3 is 1.85 bits per heavy atom. The molecule has 0 radical (unpaired) electrons. The van der Waals surface area contributed by atoms with E-state index in [0.717, 1.165) is 0 Å². The molecule has 27 heavy (non-hydrogen) atoms. The van der Waals surface area contributed by atoms with Crippen LogP contribution in [0.5, 0.6) is 0 Å². The lowest BCUT2D eigenvalue weighted by molar-refractivity contribution is 1.36. The van der Waals surface area contributed by atoms with Crippen LogP contribution in [0.4, 0.5) is 0 Å². The zero-order valence-corrected chi connectivity index (χ0v) is 16.4. The second kappa shape index (κ2) is 4.73. The van der Waals surface area contributed by atoms with Crippen LogP contribution in [0.3, 0.4) is 0 Å². The third kappa shape index (κ3) is 1.54. The minimum absolute atomic E-state index is 1.26. The molecule has 2 nitrogen and oxygen atoms in total. The van der Waals surface area contributed by atoms with Gasteiger partial charge in [-0.25, -0.2) is 0 Å². The summed E-state index contributed by atoms with van der Waals surface area (Å²) in [4.78, 5) is 0. The van der Waals surface area contributed by atoms with Crippen LogP contribution in [0.25, 0.3) is 59.9 Å². The molecule has 0 aliphatic heterocycles. The largest absolute Gasteiger partial charge is 0.308 e. The van der Waals surface area contributed by atoms with Crippen LogP contribution >= 0.6 is 22.9 Å². The molecule has 0 saturated carbocycles. The van der Waals surface area contributed by atoms with Crippen LogP contribution in [0, 0.1) is 0 Å². The van der Waals surface area contributed by atoms with Crippen molar-refractivity contribution in [3.63, 3.8) is 0 Å². The fraction of sp³-hybridized carbons (Fsp3) is 0. The molecular weight excluding hydrogens is 443 g/mol. The number of benzene rings is 4. The van der Waals surface area contributed by atoms with Crippen LogP contribution in [-0.4, -0.2) is 7.18 Å². The van der Waals surface area contributed by atoms with Gasteiger partial charge in [-0.1, -0.05) is 54.6 Å². The molecule has 0 amide bonds. The van der Waals surface area contributed by atoms with Crippen LogP contribution in [-0.2, 0) is 0 Å². The summed E-state index contributed by atoms with van der Waals surface area (Å²) < 4.78 is 4.78. The third-order valence-electron chi connectivity index (χ3n) is 5.97. The summed E-state index contributed by atoms with van der Waals surface area (Å²) in [6, 6.07) is 28.8. The molecule has 0 unspecified atom stereocenters.